The number of fused-ring (bicyclic) bond motifs is 1. The molecule has 5 nitrogen and oxygen atoms in total. The van der Waals surface area contributed by atoms with Crippen LogP contribution in [0.1, 0.15) is 12.8 Å². The van der Waals surface area contributed by atoms with Crippen LogP contribution in [-0.4, -0.2) is 18.0 Å². The molecular weight excluding hydrogens is 335 g/mol. The molecule has 1 aliphatic heterocycles. The van der Waals surface area contributed by atoms with Crippen molar-refractivity contribution in [2.45, 2.75) is 24.9 Å². The standard InChI is InChI=1S/C16H18Cl2N4O/c17-10-7-8-14(12(18)9-10)20-22-16(23)15-11-5-3-1-2-4-6-13(11)19-21-15/h1-2,4,6-9,11,13,15,19-21H,3,5H2,(H,22,23)/b2-1-,6-4-. The van der Waals surface area contributed by atoms with Gasteiger partial charge in [0.05, 0.1) is 10.7 Å². The van der Waals surface area contributed by atoms with Gasteiger partial charge in [-0.2, -0.15) is 0 Å². The molecule has 0 aromatic heterocycles. The summed E-state index contributed by atoms with van der Waals surface area (Å²) in [5.74, 6) is 0.0626. The minimum Gasteiger partial charge on any atom is -0.297 e. The molecule has 1 aromatic rings. The Morgan fingerprint density at radius 3 is 2.91 bits per heavy atom. The van der Waals surface area contributed by atoms with Crippen LogP contribution in [0.4, 0.5) is 5.69 Å². The van der Waals surface area contributed by atoms with Gasteiger partial charge in [0, 0.05) is 17.0 Å². The second-order valence-electron chi connectivity index (χ2n) is 5.58. The third-order valence-electron chi connectivity index (χ3n) is 4.06. The average Bonchev–Trinajstić information content (AvgIpc) is 2.88. The molecule has 0 bridgehead atoms. The fourth-order valence-corrected chi connectivity index (χ4v) is 3.31. The summed E-state index contributed by atoms with van der Waals surface area (Å²) >= 11 is 11.9. The van der Waals surface area contributed by atoms with Crippen molar-refractivity contribution in [3.8, 4) is 0 Å². The number of nitrogens with one attached hydrogen (secondary N) is 4. The Morgan fingerprint density at radius 1 is 1.22 bits per heavy atom. The monoisotopic (exact) mass is 352 g/mol. The topological polar surface area (TPSA) is 65.2 Å². The van der Waals surface area contributed by atoms with Crippen LogP contribution in [0, 0.1) is 5.92 Å². The van der Waals surface area contributed by atoms with Crippen LogP contribution < -0.4 is 21.7 Å². The summed E-state index contributed by atoms with van der Waals surface area (Å²) in [6.45, 7) is 0. The van der Waals surface area contributed by atoms with E-state index in [0.29, 0.717) is 15.7 Å². The average molecular weight is 353 g/mol. The maximum atomic E-state index is 12.5. The van der Waals surface area contributed by atoms with Gasteiger partial charge < -0.3 is 0 Å². The molecule has 1 aliphatic carbocycles. The number of hydrazine groups is 2. The van der Waals surface area contributed by atoms with Crippen molar-refractivity contribution < 1.29 is 4.79 Å². The number of allylic oxidation sites excluding steroid dienone is 3. The number of benzene rings is 1. The van der Waals surface area contributed by atoms with Crippen LogP contribution in [0.3, 0.4) is 0 Å². The van der Waals surface area contributed by atoms with Gasteiger partial charge in [-0.05, 0) is 31.0 Å². The first kappa shape index (κ1) is 16.3. The summed E-state index contributed by atoms with van der Waals surface area (Å²) in [6, 6.07) is 4.88. The van der Waals surface area contributed by atoms with Gasteiger partial charge >= 0.3 is 0 Å². The second kappa shape index (κ2) is 7.36. The Morgan fingerprint density at radius 2 is 2.09 bits per heavy atom. The van der Waals surface area contributed by atoms with E-state index in [1.54, 1.807) is 18.2 Å². The first-order valence-corrected chi connectivity index (χ1v) is 8.26. The summed E-state index contributed by atoms with van der Waals surface area (Å²) < 4.78 is 0. The Kier molecular flexibility index (Phi) is 5.23. The lowest BCUT2D eigenvalue weighted by molar-refractivity contribution is -0.123. The lowest BCUT2D eigenvalue weighted by atomic mass is 9.88. The minimum atomic E-state index is -0.310. The van der Waals surface area contributed by atoms with Crippen molar-refractivity contribution >= 4 is 34.8 Å². The maximum absolute atomic E-state index is 12.5. The van der Waals surface area contributed by atoms with Gasteiger partial charge in [0.25, 0.3) is 5.91 Å². The van der Waals surface area contributed by atoms with Crippen LogP contribution in [0.15, 0.2) is 42.5 Å². The third kappa shape index (κ3) is 3.87. The molecule has 1 aromatic carbocycles. The first-order chi connectivity index (χ1) is 11.1. The van der Waals surface area contributed by atoms with E-state index in [1.807, 2.05) is 12.2 Å². The van der Waals surface area contributed by atoms with Crippen molar-refractivity contribution in [1.82, 2.24) is 16.3 Å². The molecule has 7 heteroatoms. The first-order valence-electron chi connectivity index (χ1n) is 7.50. The molecule has 0 saturated carbocycles. The zero-order valence-electron chi connectivity index (χ0n) is 12.4. The van der Waals surface area contributed by atoms with Crippen LogP contribution in [0.2, 0.25) is 10.0 Å². The lowest BCUT2D eigenvalue weighted by Crippen LogP contribution is -2.47. The quantitative estimate of drug-likeness (QED) is 0.631. The van der Waals surface area contributed by atoms with Crippen molar-refractivity contribution in [1.29, 1.82) is 0 Å². The van der Waals surface area contributed by atoms with E-state index in [0.717, 1.165) is 12.8 Å². The minimum absolute atomic E-state index is 0.131. The van der Waals surface area contributed by atoms with E-state index < -0.39 is 0 Å². The van der Waals surface area contributed by atoms with Crippen molar-refractivity contribution in [2.24, 2.45) is 5.92 Å². The smallest absolute Gasteiger partial charge is 0.257 e. The number of amides is 1. The molecule has 0 radical (unpaired) electrons. The van der Waals surface area contributed by atoms with E-state index >= 15 is 0 Å². The summed E-state index contributed by atoms with van der Waals surface area (Å²) in [7, 11) is 0. The van der Waals surface area contributed by atoms with Crippen molar-refractivity contribution in [2.75, 3.05) is 5.43 Å². The largest absolute Gasteiger partial charge is 0.297 e. The number of carbonyl (C=O) groups is 1. The van der Waals surface area contributed by atoms with Gasteiger partial charge in [0.15, 0.2) is 0 Å². The number of hydrogen-bond donors (Lipinski definition) is 4. The van der Waals surface area contributed by atoms with Crippen LogP contribution in [0.25, 0.3) is 0 Å². The van der Waals surface area contributed by atoms with Gasteiger partial charge in [0.2, 0.25) is 0 Å². The van der Waals surface area contributed by atoms with Gasteiger partial charge in [-0.25, -0.2) is 10.9 Å². The zero-order chi connectivity index (χ0) is 16.2. The highest BCUT2D eigenvalue weighted by Gasteiger charge is 2.38. The van der Waals surface area contributed by atoms with E-state index in [1.165, 1.54) is 0 Å². The molecule has 1 fully saturated rings. The van der Waals surface area contributed by atoms with E-state index in [9.17, 15) is 4.79 Å². The zero-order valence-corrected chi connectivity index (χ0v) is 13.9. The lowest BCUT2D eigenvalue weighted by Gasteiger charge is -2.21. The number of anilines is 1. The molecule has 3 unspecified atom stereocenters. The van der Waals surface area contributed by atoms with Gasteiger partial charge in [0.1, 0.15) is 6.04 Å². The molecule has 1 heterocycles. The van der Waals surface area contributed by atoms with Crippen LogP contribution >= 0.6 is 23.2 Å². The van der Waals surface area contributed by atoms with E-state index in [-0.39, 0.29) is 23.9 Å². The highest BCUT2D eigenvalue weighted by Crippen LogP contribution is 2.26. The Bertz CT molecular complexity index is 647. The van der Waals surface area contributed by atoms with Gasteiger partial charge in [-0.3, -0.25) is 15.6 Å². The predicted molar refractivity (Wildman–Crippen MR) is 93.1 cm³/mol. The molecular formula is C16H18Cl2N4O. The summed E-state index contributed by atoms with van der Waals surface area (Å²) in [5, 5.41) is 0.998. The SMILES string of the molecule is O=C(NNc1ccc(Cl)cc1Cl)C1NNC2/C=C\C=C/CCC21. The Balaban J connectivity index is 1.62. The number of halogens is 2. The van der Waals surface area contributed by atoms with E-state index in [4.69, 9.17) is 23.2 Å². The van der Waals surface area contributed by atoms with Gasteiger partial charge in [-0.15, -0.1) is 0 Å². The van der Waals surface area contributed by atoms with Crippen LogP contribution in [0.5, 0.6) is 0 Å². The molecule has 4 N–H and O–H groups in total. The molecule has 3 rings (SSSR count). The maximum Gasteiger partial charge on any atom is 0.257 e. The third-order valence-corrected chi connectivity index (χ3v) is 4.61. The Hall–Kier alpha value is -1.53. The van der Waals surface area contributed by atoms with Crippen molar-refractivity contribution in [3.63, 3.8) is 0 Å². The molecule has 2 aliphatic rings. The molecule has 1 saturated heterocycles. The predicted octanol–water partition coefficient (Wildman–Crippen LogP) is 2.80. The van der Waals surface area contributed by atoms with E-state index in [2.05, 4.69) is 33.9 Å². The summed E-state index contributed by atoms with van der Waals surface area (Å²) in [6.07, 6.45) is 10.1. The molecule has 0 spiro atoms. The fourth-order valence-electron chi connectivity index (χ4n) is 2.85. The van der Waals surface area contributed by atoms with Gasteiger partial charge in [-0.1, -0.05) is 47.5 Å². The molecule has 122 valence electrons. The molecule has 1 amide bonds. The molecule has 23 heavy (non-hydrogen) atoms. The van der Waals surface area contributed by atoms with Crippen molar-refractivity contribution in [3.05, 3.63) is 52.5 Å². The molecule has 3 atom stereocenters. The summed E-state index contributed by atoms with van der Waals surface area (Å²) in [4.78, 5) is 12.5. The fraction of sp³-hybridized carbons (Fsp3) is 0.312. The second-order valence-corrected chi connectivity index (χ2v) is 6.43. The Labute approximate surface area is 145 Å². The highest BCUT2D eigenvalue weighted by atomic mass is 35.5. The normalized spacial score (nSPS) is 29.0. The number of rotatable bonds is 3. The number of carbonyl (C=O) groups excluding carboxylic acids is 1. The number of hydrogen-bond acceptors (Lipinski definition) is 4. The van der Waals surface area contributed by atoms with Crippen LogP contribution in [-0.2, 0) is 4.79 Å². The highest BCUT2D eigenvalue weighted by molar-refractivity contribution is 6.36. The summed E-state index contributed by atoms with van der Waals surface area (Å²) in [5.41, 5.74) is 12.4.